The summed E-state index contributed by atoms with van der Waals surface area (Å²) in [5, 5.41) is 5.44. The standard InChI is InChI=1S/C15H16N2O2S/c1-9(2)14(18)17-15-16-13(8-20-15)10-3-4-11-6-19-7-12(11)5-10/h3-5,8-9H,6-7H2,1-2H3,(H,16,17,18). The Bertz CT molecular complexity index is 649. The van der Waals surface area contributed by atoms with Crippen molar-refractivity contribution in [3.63, 3.8) is 0 Å². The lowest BCUT2D eigenvalue weighted by Gasteiger charge is -2.03. The third-order valence-electron chi connectivity index (χ3n) is 3.28. The molecule has 0 radical (unpaired) electrons. The molecule has 1 aromatic heterocycles. The van der Waals surface area contributed by atoms with E-state index in [2.05, 4.69) is 28.5 Å². The van der Waals surface area contributed by atoms with Crippen molar-refractivity contribution < 1.29 is 9.53 Å². The maximum Gasteiger partial charge on any atom is 0.228 e. The number of rotatable bonds is 3. The molecule has 0 bridgehead atoms. The second-order valence-corrected chi connectivity index (χ2v) is 6.02. The second kappa shape index (κ2) is 5.34. The topological polar surface area (TPSA) is 51.2 Å². The molecule has 104 valence electrons. The highest BCUT2D eigenvalue weighted by Gasteiger charge is 2.14. The Morgan fingerprint density at radius 3 is 2.95 bits per heavy atom. The van der Waals surface area contributed by atoms with Gasteiger partial charge in [-0.3, -0.25) is 4.79 Å². The Morgan fingerprint density at radius 1 is 1.35 bits per heavy atom. The number of amides is 1. The molecule has 0 saturated heterocycles. The summed E-state index contributed by atoms with van der Waals surface area (Å²) in [5.41, 5.74) is 4.43. The zero-order valence-electron chi connectivity index (χ0n) is 11.5. The smallest absolute Gasteiger partial charge is 0.228 e. The Balaban J connectivity index is 1.81. The maximum atomic E-state index is 11.7. The lowest BCUT2D eigenvalue weighted by molar-refractivity contribution is -0.118. The van der Waals surface area contributed by atoms with E-state index in [4.69, 9.17) is 4.74 Å². The van der Waals surface area contributed by atoms with Crippen molar-refractivity contribution in [1.82, 2.24) is 4.98 Å². The Labute approximate surface area is 121 Å². The zero-order valence-corrected chi connectivity index (χ0v) is 12.3. The van der Waals surface area contributed by atoms with Crippen molar-refractivity contribution in [3.05, 3.63) is 34.7 Å². The van der Waals surface area contributed by atoms with Gasteiger partial charge in [0.25, 0.3) is 0 Å². The van der Waals surface area contributed by atoms with Gasteiger partial charge in [-0.15, -0.1) is 11.3 Å². The zero-order chi connectivity index (χ0) is 14.1. The lowest BCUT2D eigenvalue weighted by atomic mass is 10.1. The molecule has 2 aromatic rings. The van der Waals surface area contributed by atoms with Gasteiger partial charge < -0.3 is 10.1 Å². The molecule has 4 nitrogen and oxygen atoms in total. The van der Waals surface area contributed by atoms with Crippen molar-refractivity contribution in [1.29, 1.82) is 0 Å². The average molecular weight is 288 g/mol. The molecule has 1 N–H and O–H groups in total. The van der Waals surface area contributed by atoms with Crippen molar-refractivity contribution in [2.24, 2.45) is 5.92 Å². The van der Waals surface area contributed by atoms with Crippen LogP contribution in [0.15, 0.2) is 23.6 Å². The molecule has 2 heterocycles. The molecule has 1 aliphatic heterocycles. The molecule has 20 heavy (non-hydrogen) atoms. The molecule has 0 fully saturated rings. The summed E-state index contributed by atoms with van der Waals surface area (Å²) in [6.07, 6.45) is 0. The monoisotopic (exact) mass is 288 g/mol. The van der Waals surface area contributed by atoms with Crippen molar-refractivity contribution in [2.45, 2.75) is 27.1 Å². The van der Waals surface area contributed by atoms with Crippen LogP contribution in [0.5, 0.6) is 0 Å². The normalized spacial score (nSPS) is 13.6. The number of fused-ring (bicyclic) bond motifs is 1. The Morgan fingerprint density at radius 2 is 2.15 bits per heavy atom. The largest absolute Gasteiger partial charge is 0.372 e. The molecule has 0 saturated carbocycles. The summed E-state index contributed by atoms with van der Waals surface area (Å²) in [4.78, 5) is 16.1. The molecular weight excluding hydrogens is 272 g/mol. The fourth-order valence-corrected chi connectivity index (χ4v) is 2.77. The predicted molar refractivity (Wildman–Crippen MR) is 79.5 cm³/mol. The van der Waals surface area contributed by atoms with E-state index in [1.807, 2.05) is 19.2 Å². The van der Waals surface area contributed by atoms with E-state index < -0.39 is 0 Å². The summed E-state index contributed by atoms with van der Waals surface area (Å²) in [5.74, 6) is -0.0484. The number of ether oxygens (including phenoxy) is 1. The highest BCUT2D eigenvalue weighted by atomic mass is 32.1. The van der Waals surface area contributed by atoms with E-state index >= 15 is 0 Å². The molecular formula is C15H16N2O2S. The molecule has 0 spiro atoms. The summed E-state index contributed by atoms with van der Waals surface area (Å²) < 4.78 is 5.42. The van der Waals surface area contributed by atoms with Crippen LogP contribution in [-0.2, 0) is 22.7 Å². The van der Waals surface area contributed by atoms with Gasteiger partial charge in [0.15, 0.2) is 5.13 Å². The van der Waals surface area contributed by atoms with Gasteiger partial charge in [-0.05, 0) is 17.2 Å². The van der Waals surface area contributed by atoms with Gasteiger partial charge >= 0.3 is 0 Å². The van der Waals surface area contributed by atoms with Crippen LogP contribution in [0, 0.1) is 5.92 Å². The highest BCUT2D eigenvalue weighted by molar-refractivity contribution is 7.14. The van der Waals surface area contributed by atoms with Crippen molar-refractivity contribution >= 4 is 22.4 Å². The minimum absolute atomic E-state index is 0.00625. The number of carbonyl (C=O) groups excluding carboxylic acids is 1. The van der Waals surface area contributed by atoms with Crippen molar-refractivity contribution in [3.8, 4) is 11.3 Å². The van der Waals surface area contributed by atoms with Gasteiger partial charge in [0.05, 0.1) is 18.9 Å². The first-order valence-electron chi connectivity index (χ1n) is 6.60. The summed E-state index contributed by atoms with van der Waals surface area (Å²) >= 11 is 1.45. The summed E-state index contributed by atoms with van der Waals surface area (Å²) in [7, 11) is 0. The number of carbonyl (C=O) groups is 1. The Hall–Kier alpha value is -1.72. The van der Waals surface area contributed by atoms with Crippen molar-refractivity contribution in [2.75, 3.05) is 5.32 Å². The van der Waals surface area contributed by atoms with Crippen LogP contribution in [-0.4, -0.2) is 10.9 Å². The predicted octanol–water partition coefficient (Wildman–Crippen LogP) is 3.43. The molecule has 5 heteroatoms. The first kappa shape index (κ1) is 13.3. The van der Waals surface area contributed by atoms with Crippen LogP contribution < -0.4 is 5.32 Å². The first-order valence-corrected chi connectivity index (χ1v) is 7.48. The van der Waals surface area contributed by atoms with Crippen LogP contribution in [0.25, 0.3) is 11.3 Å². The molecule has 0 unspecified atom stereocenters. The van der Waals surface area contributed by atoms with Gasteiger partial charge in [0.1, 0.15) is 0 Å². The number of hydrogen-bond donors (Lipinski definition) is 1. The van der Waals surface area contributed by atoms with E-state index in [1.165, 1.54) is 22.5 Å². The molecule has 1 amide bonds. The minimum atomic E-state index is -0.0421. The SMILES string of the molecule is CC(C)C(=O)Nc1nc(-c2ccc3c(c2)COC3)cs1. The molecule has 0 atom stereocenters. The van der Waals surface area contributed by atoms with E-state index in [0.29, 0.717) is 18.3 Å². The summed E-state index contributed by atoms with van der Waals surface area (Å²) in [6.45, 7) is 5.10. The van der Waals surface area contributed by atoms with Crippen LogP contribution in [0.3, 0.4) is 0 Å². The third-order valence-corrected chi connectivity index (χ3v) is 4.03. The lowest BCUT2D eigenvalue weighted by Crippen LogP contribution is -2.17. The number of hydrogen-bond acceptors (Lipinski definition) is 4. The minimum Gasteiger partial charge on any atom is -0.372 e. The van der Waals surface area contributed by atoms with E-state index in [-0.39, 0.29) is 11.8 Å². The number of anilines is 1. The summed E-state index contributed by atoms with van der Waals surface area (Å²) in [6, 6.07) is 6.26. The van der Waals surface area contributed by atoms with Crippen LogP contribution in [0.4, 0.5) is 5.13 Å². The van der Waals surface area contributed by atoms with Crippen LogP contribution >= 0.6 is 11.3 Å². The number of nitrogens with zero attached hydrogens (tertiary/aromatic N) is 1. The van der Waals surface area contributed by atoms with Gasteiger partial charge in [0, 0.05) is 16.9 Å². The number of thiazole rings is 1. The molecule has 1 aliphatic rings. The molecule has 3 rings (SSSR count). The number of nitrogens with one attached hydrogen (secondary N) is 1. The van der Waals surface area contributed by atoms with Crippen LogP contribution in [0.1, 0.15) is 25.0 Å². The van der Waals surface area contributed by atoms with E-state index in [9.17, 15) is 4.79 Å². The maximum absolute atomic E-state index is 11.7. The van der Waals surface area contributed by atoms with E-state index in [1.54, 1.807) is 0 Å². The molecule has 1 aromatic carbocycles. The van der Waals surface area contributed by atoms with Gasteiger partial charge in [0.2, 0.25) is 5.91 Å². The van der Waals surface area contributed by atoms with Gasteiger partial charge in [-0.2, -0.15) is 0 Å². The number of aromatic nitrogens is 1. The Kier molecular flexibility index (Phi) is 3.54. The van der Waals surface area contributed by atoms with Crippen LogP contribution in [0.2, 0.25) is 0 Å². The highest BCUT2D eigenvalue weighted by Crippen LogP contribution is 2.29. The number of benzene rings is 1. The van der Waals surface area contributed by atoms with E-state index in [0.717, 1.165) is 11.3 Å². The quantitative estimate of drug-likeness (QED) is 0.941. The van der Waals surface area contributed by atoms with Gasteiger partial charge in [-0.1, -0.05) is 26.0 Å². The first-order chi connectivity index (χ1) is 9.63. The molecule has 0 aliphatic carbocycles. The third kappa shape index (κ3) is 2.59. The second-order valence-electron chi connectivity index (χ2n) is 5.16. The fourth-order valence-electron chi connectivity index (χ4n) is 2.04. The van der Waals surface area contributed by atoms with Gasteiger partial charge in [-0.25, -0.2) is 4.98 Å². The fraction of sp³-hybridized carbons (Fsp3) is 0.333. The average Bonchev–Trinajstić information content (AvgIpc) is 3.05.